The van der Waals surface area contributed by atoms with Gasteiger partial charge in [-0.05, 0) is 21.3 Å². The number of methoxy groups -OCH3 is 2. The summed E-state index contributed by atoms with van der Waals surface area (Å²) in [5, 5.41) is 2.36. The minimum absolute atomic E-state index is 0.00864. The zero-order chi connectivity index (χ0) is 21.5. The standard InChI is InChI=1S/C24H34O4Si/c1-19(17-23(25)27-6)22(26-5)18-28-29(24(2,3)4,20-13-9-7-10-14-20)21-15-11-8-12-16-21/h7-16,19,22H,17-18H2,1-6H3/t19-,22-/m1/s1. The first-order chi connectivity index (χ1) is 13.8. The van der Waals surface area contributed by atoms with Crippen LogP contribution in [0, 0.1) is 5.92 Å². The van der Waals surface area contributed by atoms with E-state index in [2.05, 4.69) is 69.3 Å². The number of carbonyl (C=O) groups excluding carboxylic acids is 1. The molecule has 0 spiro atoms. The van der Waals surface area contributed by atoms with Crippen molar-refractivity contribution in [2.75, 3.05) is 20.8 Å². The summed E-state index contributed by atoms with van der Waals surface area (Å²) in [4.78, 5) is 11.7. The van der Waals surface area contributed by atoms with Gasteiger partial charge in [0.25, 0.3) is 8.32 Å². The van der Waals surface area contributed by atoms with Gasteiger partial charge in [-0.2, -0.15) is 0 Å². The van der Waals surface area contributed by atoms with Crippen LogP contribution in [0.3, 0.4) is 0 Å². The Labute approximate surface area is 176 Å². The first-order valence-corrected chi connectivity index (χ1v) is 12.0. The van der Waals surface area contributed by atoms with Crippen molar-refractivity contribution >= 4 is 24.7 Å². The van der Waals surface area contributed by atoms with Gasteiger partial charge in [-0.15, -0.1) is 0 Å². The normalized spacial score (nSPS) is 14.3. The number of benzene rings is 2. The largest absolute Gasteiger partial charge is 0.469 e. The number of hydrogen-bond acceptors (Lipinski definition) is 4. The Morgan fingerprint density at radius 2 is 1.41 bits per heavy atom. The lowest BCUT2D eigenvalue weighted by atomic mass is 10.0. The van der Waals surface area contributed by atoms with Crippen LogP contribution in [0.4, 0.5) is 0 Å². The molecular weight excluding hydrogens is 380 g/mol. The van der Waals surface area contributed by atoms with Crippen LogP contribution in [0.25, 0.3) is 0 Å². The van der Waals surface area contributed by atoms with Crippen LogP contribution < -0.4 is 10.4 Å². The molecule has 158 valence electrons. The Morgan fingerprint density at radius 1 is 0.931 bits per heavy atom. The van der Waals surface area contributed by atoms with Crippen LogP contribution in [0.2, 0.25) is 5.04 Å². The summed E-state index contributed by atoms with van der Waals surface area (Å²) in [6.07, 6.45) is 0.106. The van der Waals surface area contributed by atoms with Crippen molar-refractivity contribution in [1.82, 2.24) is 0 Å². The molecule has 2 atom stereocenters. The van der Waals surface area contributed by atoms with Crippen molar-refractivity contribution in [3.05, 3.63) is 60.7 Å². The maximum atomic E-state index is 11.7. The number of hydrogen-bond donors (Lipinski definition) is 0. The molecule has 0 N–H and O–H groups in total. The third-order valence-corrected chi connectivity index (χ3v) is 10.5. The number of carbonyl (C=O) groups is 1. The van der Waals surface area contributed by atoms with Gasteiger partial charge in [-0.25, -0.2) is 0 Å². The highest BCUT2D eigenvalue weighted by atomic mass is 28.4. The molecule has 0 bridgehead atoms. The van der Waals surface area contributed by atoms with E-state index in [1.807, 2.05) is 19.1 Å². The van der Waals surface area contributed by atoms with Gasteiger partial charge in [0.1, 0.15) is 0 Å². The highest BCUT2D eigenvalue weighted by molar-refractivity contribution is 6.99. The average molecular weight is 415 g/mol. The third-order valence-electron chi connectivity index (χ3n) is 5.53. The van der Waals surface area contributed by atoms with Gasteiger partial charge >= 0.3 is 5.97 Å². The maximum Gasteiger partial charge on any atom is 0.305 e. The molecule has 0 aliphatic heterocycles. The first-order valence-electron chi connectivity index (χ1n) is 10.1. The van der Waals surface area contributed by atoms with Gasteiger partial charge in [-0.3, -0.25) is 4.79 Å². The first kappa shape index (κ1) is 23.3. The fraction of sp³-hybridized carbons (Fsp3) is 0.458. The highest BCUT2D eigenvalue weighted by Gasteiger charge is 2.50. The van der Waals surface area contributed by atoms with Gasteiger partial charge in [-0.1, -0.05) is 88.4 Å². The zero-order valence-electron chi connectivity index (χ0n) is 18.5. The van der Waals surface area contributed by atoms with E-state index in [0.29, 0.717) is 13.0 Å². The monoisotopic (exact) mass is 414 g/mol. The second kappa shape index (κ2) is 10.2. The molecule has 0 aliphatic carbocycles. The Balaban J connectivity index is 2.44. The van der Waals surface area contributed by atoms with Gasteiger partial charge in [0.2, 0.25) is 0 Å². The summed E-state index contributed by atoms with van der Waals surface area (Å²) < 4.78 is 17.5. The number of rotatable bonds is 9. The van der Waals surface area contributed by atoms with Crippen LogP contribution in [-0.4, -0.2) is 41.2 Å². The molecule has 2 aromatic rings. The molecule has 2 aromatic carbocycles. The van der Waals surface area contributed by atoms with E-state index in [9.17, 15) is 4.79 Å². The molecule has 29 heavy (non-hydrogen) atoms. The van der Waals surface area contributed by atoms with E-state index in [0.717, 1.165) is 0 Å². The Morgan fingerprint density at radius 3 is 1.79 bits per heavy atom. The molecule has 0 heterocycles. The highest BCUT2D eigenvalue weighted by Crippen LogP contribution is 2.37. The van der Waals surface area contributed by atoms with E-state index in [1.165, 1.54) is 17.5 Å². The molecule has 0 radical (unpaired) electrons. The Hall–Kier alpha value is -1.95. The van der Waals surface area contributed by atoms with Crippen LogP contribution in [0.1, 0.15) is 34.1 Å². The molecule has 4 nitrogen and oxygen atoms in total. The van der Waals surface area contributed by atoms with Crippen molar-refractivity contribution in [3.8, 4) is 0 Å². The summed E-state index contributed by atoms with van der Waals surface area (Å²) >= 11 is 0. The van der Waals surface area contributed by atoms with Crippen LogP contribution >= 0.6 is 0 Å². The molecule has 0 aromatic heterocycles. The second-order valence-electron chi connectivity index (χ2n) is 8.51. The van der Waals surface area contributed by atoms with E-state index in [-0.39, 0.29) is 23.0 Å². The SMILES string of the molecule is COC(=O)C[C@@H](C)[C@@H](CO[Si](c1ccccc1)(c1ccccc1)C(C)(C)C)OC. The lowest BCUT2D eigenvalue weighted by Gasteiger charge is -2.44. The van der Waals surface area contributed by atoms with Crippen LogP contribution in [-0.2, 0) is 18.7 Å². The Kier molecular flexibility index (Phi) is 8.20. The van der Waals surface area contributed by atoms with Gasteiger partial charge in [0, 0.05) is 7.11 Å². The van der Waals surface area contributed by atoms with Crippen molar-refractivity contribution < 1.29 is 18.7 Å². The van der Waals surface area contributed by atoms with Crippen LogP contribution in [0.5, 0.6) is 0 Å². The average Bonchev–Trinajstić information content (AvgIpc) is 2.71. The number of esters is 1. The molecule has 5 heteroatoms. The van der Waals surface area contributed by atoms with E-state index >= 15 is 0 Å². The molecule has 0 fully saturated rings. The Bertz CT molecular complexity index is 716. The molecular formula is C24H34O4Si. The van der Waals surface area contributed by atoms with Crippen molar-refractivity contribution in [2.45, 2.75) is 45.3 Å². The zero-order valence-corrected chi connectivity index (χ0v) is 19.5. The minimum atomic E-state index is -2.62. The number of ether oxygens (including phenoxy) is 2. The van der Waals surface area contributed by atoms with E-state index in [1.54, 1.807) is 7.11 Å². The van der Waals surface area contributed by atoms with Crippen molar-refractivity contribution in [1.29, 1.82) is 0 Å². The van der Waals surface area contributed by atoms with Crippen LogP contribution in [0.15, 0.2) is 60.7 Å². The summed E-state index contributed by atoms with van der Waals surface area (Å²) in [6.45, 7) is 9.17. The van der Waals surface area contributed by atoms with Crippen molar-refractivity contribution in [3.63, 3.8) is 0 Å². The fourth-order valence-electron chi connectivity index (χ4n) is 3.91. The van der Waals surface area contributed by atoms with Gasteiger partial charge in [0.15, 0.2) is 0 Å². The predicted molar refractivity (Wildman–Crippen MR) is 120 cm³/mol. The maximum absolute atomic E-state index is 11.7. The smallest absolute Gasteiger partial charge is 0.305 e. The second-order valence-corrected chi connectivity index (χ2v) is 12.8. The predicted octanol–water partition coefficient (Wildman–Crippen LogP) is 3.78. The van der Waals surface area contributed by atoms with E-state index < -0.39 is 8.32 Å². The minimum Gasteiger partial charge on any atom is -0.469 e. The fourth-order valence-corrected chi connectivity index (χ4v) is 8.48. The molecule has 0 unspecified atom stereocenters. The summed E-state index contributed by atoms with van der Waals surface area (Å²) in [7, 11) is 0.468. The molecule has 0 amide bonds. The molecule has 0 saturated heterocycles. The quantitative estimate of drug-likeness (QED) is 0.463. The lowest BCUT2D eigenvalue weighted by Crippen LogP contribution is -2.67. The lowest BCUT2D eigenvalue weighted by molar-refractivity contribution is -0.143. The van der Waals surface area contributed by atoms with Crippen molar-refractivity contribution in [2.24, 2.45) is 5.92 Å². The molecule has 2 rings (SSSR count). The van der Waals surface area contributed by atoms with Gasteiger partial charge in [0.05, 0.1) is 26.2 Å². The van der Waals surface area contributed by atoms with Gasteiger partial charge < -0.3 is 13.9 Å². The third kappa shape index (κ3) is 5.35. The summed E-state index contributed by atoms with van der Waals surface area (Å²) in [5.41, 5.74) is 0. The molecule has 0 saturated carbocycles. The van der Waals surface area contributed by atoms with E-state index in [4.69, 9.17) is 13.9 Å². The molecule has 0 aliphatic rings. The summed E-state index contributed by atoms with van der Waals surface area (Å²) in [5.74, 6) is -0.240. The summed E-state index contributed by atoms with van der Waals surface area (Å²) in [6, 6.07) is 21.0. The topological polar surface area (TPSA) is 44.8 Å².